The Hall–Kier alpha value is -4.28. The maximum atomic E-state index is 15.0. The SMILES string of the molecule is CC(C)Oc1ccc(C2(O)OC(=O)C(c3ccc4nsnc4c3)=C2Cc2ccc3nccnc3c2)cc1F. The summed E-state index contributed by atoms with van der Waals surface area (Å²) in [7, 11) is 0. The molecule has 8 nitrogen and oxygen atoms in total. The lowest BCUT2D eigenvalue weighted by Gasteiger charge is -2.26. The molecule has 0 saturated heterocycles. The summed E-state index contributed by atoms with van der Waals surface area (Å²) in [5.74, 6) is -3.58. The van der Waals surface area contributed by atoms with E-state index in [1.807, 2.05) is 18.2 Å². The van der Waals surface area contributed by atoms with Gasteiger partial charge in [0.2, 0.25) is 0 Å². The minimum atomic E-state index is -2.21. The molecule has 190 valence electrons. The molecule has 1 atom stereocenters. The molecule has 5 aromatic rings. The van der Waals surface area contributed by atoms with Crippen LogP contribution in [0.25, 0.3) is 27.6 Å². The van der Waals surface area contributed by atoms with Crippen molar-refractivity contribution in [3.05, 3.63) is 95.1 Å². The monoisotopic (exact) mass is 528 g/mol. The quantitative estimate of drug-likeness (QED) is 0.308. The molecule has 38 heavy (non-hydrogen) atoms. The molecule has 0 aliphatic carbocycles. The lowest BCUT2D eigenvalue weighted by Crippen LogP contribution is -2.30. The molecule has 6 rings (SSSR count). The van der Waals surface area contributed by atoms with Crippen LogP contribution in [0, 0.1) is 5.82 Å². The van der Waals surface area contributed by atoms with E-state index < -0.39 is 17.6 Å². The molecule has 10 heteroatoms. The second kappa shape index (κ2) is 9.23. The van der Waals surface area contributed by atoms with Gasteiger partial charge in [-0.3, -0.25) is 9.97 Å². The van der Waals surface area contributed by atoms with Gasteiger partial charge < -0.3 is 14.6 Å². The van der Waals surface area contributed by atoms with Gasteiger partial charge >= 0.3 is 5.97 Å². The molecule has 0 saturated carbocycles. The smallest absolute Gasteiger partial charge is 0.342 e. The number of esters is 1. The third-order valence-electron chi connectivity index (χ3n) is 6.30. The third-order valence-corrected chi connectivity index (χ3v) is 6.85. The molecule has 1 aliphatic heterocycles. The van der Waals surface area contributed by atoms with Gasteiger partial charge in [-0.15, -0.1) is 0 Å². The zero-order valence-corrected chi connectivity index (χ0v) is 21.2. The Bertz CT molecular complexity index is 1750. The van der Waals surface area contributed by atoms with Crippen molar-refractivity contribution >= 4 is 45.3 Å². The first-order valence-electron chi connectivity index (χ1n) is 11.9. The molecule has 0 bridgehead atoms. The number of halogens is 1. The molecule has 0 radical (unpaired) electrons. The number of carbonyl (C=O) groups excluding carboxylic acids is 1. The van der Waals surface area contributed by atoms with Crippen molar-refractivity contribution in [1.82, 2.24) is 18.7 Å². The Morgan fingerprint density at radius 2 is 1.74 bits per heavy atom. The fraction of sp³-hybridized carbons (Fsp3) is 0.179. The molecule has 0 spiro atoms. The summed E-state index contributed by atoms with van der Waals surface area (Å²) < 4.78 is 34.6. The van der Waals surface area contributed by atoms with Crippen molar-refractivity contribution in [2.45, 2.75) is 32.2 Å². The molecule has 2 aromatic heterocycles. The predicted molar refractivity (Wildman–Crippen MR) is 140 cm³/mol. The summed E-state index contributed by atoms with van der Waals surface area (Å²) in [6, 6.07) is 14.8. The summed E-state index contributed by atoms with van der Waals surface area (Å²) >= 11 is 1.07. The summed E-state index contributed by atoms with van der Waals surface area (Å²) in [6.45, 7) is 3.57. The van der Waals surface area contributed by atoms with Crippen molar-refractivity contribution in [1.29, 1.82) is 0 Å². The van der Waals surface area contributed by atoms with Gasteiger partial charge in [0.15, 0.2) is 11.6 Å². The number of aromatic nitrogens is 4. The van der Waals surface area contributed by atoms with E-state index in [1.165, 1.54) is 12.1 Å². The van der Waals surface area contributed by atoms with Crippen LogP contribution in [0.4, 0.5) is 4.39 Å². The molecule has 3 aromatic carbocycles. The van der Waals surface area contributed by atoms with Crippen LogP contribution in [0.2, 0.25) is 0 Å². The van der Waals surface area contributed by atoms with Crippen molar-refractivity contribution in [3.8, 4) is 5.75 Å². The Morgan fingerprint density at radius 3 is 2.53 bits per heavy atom. The fourth-order valence-electron chi connectivity index (χ4n) is 4.59. The number of hydrogen-bond acceptors (Lipinski definition) is 9. The van der Waals surface area contributed by atoms with Gasteiger partial charge in [0, 0.05) is 30.0 Å². The van der Waals surface area contributed by atoms with E-state index >= 15 is 0 Å². The number of ether oxygens (including phenoxy) is 2. The molecular weight excluding hydrogens is 507 g/mol. The highest BCUT2D eigenvalue weighted by atomic mass is 32.1. The number of nitrogens with zero attached hydrogens (tertiary/aromatic N) is 4. The van der Waals surface area contributed by atoms with Crippen LogP contribution in [-0.2, 0) is 21.7 Å². The van der Waals surface area contributed by atoms with E-state index in [2.05, 4.69) is 18.7 Å². The number of benzene rings is 3. The highest BCUT2D eigenvalue weighted by molar-refractivity contribution is 7.00. The van der Waals surface area contributed by atoms with Crippen LogP contribution in [-0.4, -0.2) is 35.9 Å². The van der Waals surface area contributed by atoms with E-state index in [4.69, 9.17) is 9.47 Å². The van der Waals surface area contributed by atoms with Crippen molar-refractivity contribution in [3.63, 3.8) is 0 Å². The number of aliphatic hydroxyl groups is 1. The number of fused-ring (bicyclic) bond motifs is 2. The highest BCUT2D eigenvalue weighted by Crippen LogP contribution is 2.45. The number of cyclic esters (lactones) is 1. The van der Waals surface area contributed by atoms with Crippen LogP contribution in [0.3, 0.4) is 0 Å². The molecule has 1 N–H and O–H groups in total. The van der Waals surface area contributed by atoms with Crippen LogP contribution in [0.1, 0.15) is 30.5 Å². The fourth-order valence-corrected chi connectivity index (χ4v) is 5.11. The molecular formula is C28H21FN4O4S. The summed E-state index contributed by atoms with van der Waals surface area (Å²) in [6.07, 6.45) is 3.09. The van der Waals surface area contributed by atoms with E-state index in [9.17, 15) is 14.3 Å². The van der Waals surface area contributed by atoms with Gasteiger partial charge in [0.1, 0.15) is 11.0 Å². The Kier molecular flexibility index (Phi) is 5.85. The first kappa shape index (κ1) is 24.1. The summed E-state index contributed by atoms with van der Waals surface area (Å²) in [5, 5.41) is 11.9. The first-order valence-corrected chi connectivity index (χ1v) is 12.6. The topological polar surface area (TPSA) is 107 Å². The first-order chi connectivity index (χ1) is 18.3. The minimum absolute atomic E-state index is 0.0389. The third kappa shape index (κ3) is 4.17. The lowest BCUT2D eigenvalue weighted by atomic mass is 9.88. The maximum absolute atomic E-state index is 15.0. The largest absolute Gasteiger partial charge is 0.488 e. The van der Waals surface area contributed by atoms with Crippen molar-refractivity contribution in [2.24, 2.45) is 0 Å². The molecule has 1 unspecified atom stereocenters. The minimum Gasteiger partial charge on any atom is -0.488 e. The second-order valence-corrected chi connectivity index (χ2v) is 9.75. The van der Waals surface area contributed by atoms with Gasteiger partial charge in [-0.25, -0.2) is 9.18 Å². The van der Waals surface area contributed by atoms with E-state index in [0.717, 1.165) is 23.4 Å². The number of carbonyl (C=O) groups is 1. The second-order valence-electron chi connectivity index (χ2n) is 9.22. The highest BCUT2D eigenvalue weighted by Gasteiger charge is 2.48. The van der Waals surface area contributed by atoms with Crippen molar-refractivity contribution in [2.75, 3.05) is 0 Å². The van der Waals surface area contributed by atoms with Crippen molar-refractivity contribution < 1.29 is 23.8 Å². The molecule has 3 heterocycles. The summed E-state index contributed by atoms with van der Waals surface area (Å²) in [4.78, 5) is 22.0. The van der Waals surface area contributed by atoms with Gasteiger partial charge in [-0.2, -0.15) is 8.75 Å². The predicted octanol–water partition coefficient (Wildman–Crippen LogP) is 4.96. The number of hydrogen-bond donors (Lipinski definition) is 1. The van der Waals surface area contributed by atoms with Gasteiger partial charge in [-0.05, 0) is 67.4 Å². The molecule has 0 fully saturated rings. The zero-order valence-electron chi connectivity index (χ0n) is 20.4. The average molecular weight is 529 g/mol. The van der Waals surface area contributed by atoms with Gasteiger partial charge in [0.05, 0.1) is 34.4 Å². The van der Waals surface area contributed by atoms with E-state index in [0.29, 0.717) is 27.6 Å². The van der Waals surface area contributed by atoms with Crippen LogP contribution in [0.15, 0.2) is 72.6 Å². The van der Waals surface area contributed by atoms with Gasteiger partial charge in [-0.1, -0.05) is 12.1 Å². The standard InChI is InChI=1S/C28H21FN4O4S/c1-15(2)36-25-8-5-18(14-20(25)29)28(35)19(11-16-3-6-21-23(12-16)31-10-9-30-21)26(27(34)37-28)17-4-7-22-24(13-17)33-38-32-22/h3-10,12-15,35H,11H2,1-2H3. The Morgan fingerprint density at radius 1 is 0.974 bits per heavy atom. The van der Waals surface area contributed by atoms with Crippen LogP contribution in [0.5, 0.6) is 5.75 Å². The van der Waals surface area contributed by atoms with E-state index in [1.54, 1.807) is 44.4 Å². The van der Waals surface area contributed by atoms with Gasteiger partial charge in [0.25, 0.3) is 5.79 Å². The average Bonchev–Trinajstić information content (AvgIpc) is 3.46. The van der Waals surface area contributed by atoms with E-state index in [-0.39, 0.29) is 35.0 Å². The Labute approximate surface area is 220 Å². The van der Waals surface area contributed by atoms with Crippen LogP contribution >= 0.6 is 11.7 Å². The molecule has 1 aliphatic rings. The Balaban J connectivity index is 1.51. The zero-order chi connectivity index (χ0) is 26.4. The summed E-state index contributed by atoms with van der Waals surface area (Å²) in [5.41, 5.74) is 4.49. The molecule has 0 amide bonds. The number of rotatable bonds is 6. The van der Waals surface area contributed by atoms with Crippen LogP contribution < -0.4 is 4.74 Å². The maximum Gasteiger partial charge on any atom is 0.342 e. The normalized spacial score (nSPS) is 17.6. The lowest BCUT2D eigenvalue weighted by molar-refractivity contribution is -0.185.